The molecule has 148 valence electrons. The largest absolute Gasteiger partial charge is 0.339 e. The third-order valence-corrected chi connectivity index (χ3v) is 5.34. The third kappa shape index (κ3) is 4.29. The van der Waals surface area contributed by atoms with Gasteiger partial charge in [-0.05, 0) is 37.1 Å². The summed E-state index contributed by atoms with van der Waals surface area (Å²) in [5.74, 6) is -0.0199. The predicted molar refractivity (Wildman–Crippen MR) is 116 cm³/mol. The Balaban J connectivity index is 1.74. The van der Waals surface area contributed by atoms with Crippen molar-refractivity contribution in [2.75, 3.05) is 18.4 Å². The summed E-state index contributed by atoms with van der Waals surface area (Å²) in [5, 5.41) is 3.66. The summed E-state index contributed by atoms with van der Waals surface area (Å²) >= 11 is 0. The van der Waals surface area contributed by atoms with Crippen molar-refractivity contribution in [2.45, 2.75) is 32.6 Å². The number of hydrogen-bond donors (Lipinski definition) is 1. The van der Waals surface area contributed by atoms with Crippen LogP contribution in [0.3, 0.4) is 0 Å². The van der Waals surface area contributed by atoms with Crippen molar-refractivity contribution in [3.63, 3.8) is 0 Å². The second-order valence-electron chi connectivity index (χ2n) is 7.54. The van der Waals surface area contributed by atoms with Crippen LogP contribution in [0.5, 0.6) is 0 Å². The highest BCUT2D eigenvalue weighted by Crippen LogP contribution is 2.27. The number of anilines is 1. The number of para-hydroxylation sites is 1. The van der Waals surface area contributed by atoms with Crippen molar-refractivity contribution in [3.05, 3.63) is 60.2 Å². The molecule has 5 nitrogen and oxygen atoms in total. The Bertz CT molecular complexity index is 1040. The minimum Gasteiger partial charge on any atom is -0.339 e. The lowest BCUT2D eigenvalue weighted by Crippen LogP contribution is -2.32. The number of carbonyl (C=O) groups is 2. The van der Waals surface area contributed by atoms with E-state index in [-0.39, 0.29) is 11.8 Å². The summed E-state index contributed by atoms with van der Waals surface area (Å²) < 4.78 is 0. The lowest BCUT2D eigenvalue weighted by atomic mass is 10.0. The molecule has 0 radical (unpaired) electrons. The molecule has 0 bridgehead atoms. The Kier molecular flexibility index (Phi) is 5.56. The summed E-state index contributed by atoms with van der Waals surface area (Å²) in [5.41, 5.74) is 3.93. The maximum atomic E-state index is 13.4. The smallest absolute Gasteiger partial charge is 0.254 e. The maximum Gasteiger partial charge on any atom is 0.254 e. The number of hydrogen-bond acceptors (Lipinski definition) is 3. The van der Waals surface area contributed by atoms with Crippen molar-refractivity contribution in [2.24, 2.45) is 0 Å². The molecular weight excluding hydrogens is 362 g/mol. The van der Waals surface area contributed by atoms with E-state index in [1.54, 1.807) is 0 Å². The Labute approximate surface area is 170 Å². The average molecular weight is 387 g/mol. The molecule has 2 aromatic carbocycles. The summed E-state index contributed by atoms with van der Waals surface area (Å²) in [6.45, 7) is 3.12. The Morgan fingerprint density at radius 3 is 2.31 bits per heavy atom. The highest BCUT2D eigenvalue weighted by molar-refractivity contribution is 6.07. The standard InChI is InChI=1S/C24H25N3O2/c1-17(28)25-19-12-10-18(11-13-19)23-16-21(20-8-4-5-9-22(20)26-23)24(29)27-14-6-2-3-7-15-27/h4-5,8-13,16H,2-3,6-7,14-15H2,1H3,(H,25,28). The van der Waals surface area contributed by atoms with Crippen LogP contribution in [-0.2, 0) is 4.79 Å². The first-order valence-corrected chi connectivity index (χ1v) is 10.2. The van der Waals surface area contributed by atoms with Crippen LogP contribution in [-0.4, -0.2) is 34.8 Å². The quantitative estimate of drug-likeness (QED) is 0.697. The SMILES string of the molecule is CC(=O)Nc1ccc(-c2cc(C(=O)N3CCCCCC3)c3ccccc3n2)cc1. The Morgan fingerprint density at radius 1 is 0.931 bits per heavy atom. The lowest BCUT2D eigenvalue weighted by molar-refractivity contribution is -0.114. The maximum absolute atomic E-state index is 13.4. The van der Waals surface area contributed by atoms with Crippen LogP contribution in [0.2, 0.25) is 0 Å². The monoisotopic (exact) mass is 387 g/mol. The molecule has 1 aromatic heterocycles. The molecule has 0 atom stereocenters. The van der Waals surface area contributed by atoms with Crippen LogP contribution < -0.4 is 5.32 Å². The van der Waals surface area contributed by atoms with Gasteiger partial charge in [0.25, 0.3) is 5.91 Å². The number of nitrogens with one attached hydrogen (secondary N) is 1. The van der Waals surface area contributed by atoms with Gasteiger partial charge in [0.1, 0.15) is 0 Å². The van der Waals surface area contributed by atoms with E-state index in [9.17, 15) is 9.59 Å². The summed E-state index contributed by atoms with van der Waals surface area (Å²) in [6, 6.07) is 17.3. The Morgan fingerprint density at radius 2 is 1.62 bits per heavy atom. The van der Waals surface area contributed by atoms with Crippen LogP contribution in [0.25, 0.3) is 22.2 Å². The van der Waals surface area contributed by atoms with Crippen molar-refractivity contribution in [1.29, 1.82) is 0 Å². The number of aromatic nitrogens is 1. The lowest BCUT2D eigenvalue weighted by Gasteiger charge is -2.21. The van der Waals surface area contributed by atoms with Crippen LogP contribution in [0.4, 0.5) is 5.69 Å². The summed E-state index contributed by atoms with van der Waals surface area (Å²) in [4.78, 5) is 31.4. The van der Waals surface area contributed by atoms with Gasteiger partial charge < -0.3 is 10.2 Å². The normalized spacial score (nSPS) is 14.4. The molecule has 0 unspecified atom stereocenters. The molecule has 1 N–H and O–H groups in total. The molecule has 1 fully saturated rings. The number of benzene rings is 2. The van der Waals surface area contributed by atoms with Crippen molar-refractivity contribution >= 4 is 28.4 Å². The zero-order valence-corrected chi connectivity index (χ0v) is 16.6. The predicted octanol–water partition coefficient (Wildman–Crippen LogP) is 4.88. The first-order valence-electron chi connectivity index (χ1n) is 10.2. The molecule has 1 aliphatic rings. The number of rotatable bonds is 3. The molecule has 2 amide bonds. The number of carbonyl (C=O) groups excluding carboxylic acids is 2. The zero-order chi connectivity index (χ0) is 20.2. The topological polar surface area (TPSA) is 62.3 Å². The second-order valence-corrected chi connectivity index (χ2v) is 7.54. The van der Waals surface area contributed by atoms with Gasteiger partial charge in [0.2, 0.25) is 5.91 Å². The molecule has 0 saturated carbocycles. The molecule has 4 rings (SSSR count). The summed E-state index contributed by atoms with van der Waals surface area (Å²) in [7, 11) is 0. The van der Waals surface area contributed by atoms with E-state index in [1.807, 2.05) is 59.5 Å². The number of likely N-dealkylation sites (tertiary alicyclic amines) is 1. The van der Waals surface area contributed by atoms with E-state index in [0.717, 1.165) is 53.8 Å². The fourth-order valence-corrected chi connectivity index (χ4v) is 3.87. The van der Waals surface area contributed by atoms with E-state index >= 15 is 0 Å². The number of amides is 2. The number of pyridine rings is 1. The summed E-state index contributed by atoms with van der Waals surface area (Å²) in [6.07, 6.45) is 4.50. The fourth-order valence-electron chi connectivity index (χ4n) is 3.87. The van der Waals surface area contributed by atoms with Gasteiger partial charge in [-0.25, -0.2) is 4.98 Å². The highest BCUT2D eigenvalue weighted by atomic mass is 16.2. The van der Waals surface area contributed by atoms with E-state index in [1.165, 1.54) is 19.8 Å². The molecule has 1 saturated heterocycles. The van der Waals surface area contributed by atoms with Crippen molar-refractivity contribution < 1.29 is 9.59 Å². The fraction of sp³-hybridized carbons (Fsp3) is 0.292. The average Bonchev–Trinajstić information content (AvgIpc) is 3.02. The molecule has 5 heteroatoms. The van der Waals surface area contributed by atoms with Crippen LogP contribution >= 0.6 is 0 Å². The van der Waals surface area contributed by atoms with E-state index in [4.69, 9.17) is 4.98 Å². The minimum atomic E-state index is -0.105. The third-order valence-electron chi connectivity index (χ3n) is 5.34. The van der Waals surface area contributed by atoms with Gasteiger partial charge >= 0.3 is 0 Å². The van der Waals surface area contributed by atoms with Gasteiger partial charge in [-0.2, -0.15) is 0 Å². The van der Waals surface area contributed by atoms with E-state index < -0.39 is 0 Å². The first-order chi connectivity index (χ1) is 14.1. The van der Waals surface area contributed by atoms with Gasteiger partial charge in [0, 0.05) is 36.7 Å². The van der Waals surface area contributed by atoms with E-state index in [2.05, 4.69) is 5.32 Å². The van der Waals surface area contributed by atoms with Gasteiger partial charge in [0.05, 0.1) is 16.8 Å². The van der Waals surface area contributed by atoms with Gasteiger partial charge in [0.15, 0.2) is 0 Å². The number of nitrogens with zero attached hydrogens (tertiary/aromatic N) is 2. The number of fused-ring (bicyclic) bond motifs is 1. The molecule has 3 aromatic rings. The zero-order valence-electron chi connectivity index (χ0n) is 16.6. The van der Waals surface area contributed by atoms with Crippen LogP contribution in [0.1, 0.15) is 43.0 Å². The van der Waals surface area contributed by atoms with Crippen molar-refractivity contribution in [3.8, 4) is 11.3 Å². The van der Waals surface area contributed by atoms with Gasteiger partial charge in [-0.1, -0.05) is 43.2 Å². The van der Waals surface area contributed by atoms with Gasteiger partial charge in [-0.3, -0.25) is 9.59 Å². The first kappa shape index (κ1) is 19.1. The van der Waals surface area contributed by atoms with E-state index in [0.29, 0.717) is 5.56 Å². The van der Waals surface area contributed by atoms with Gasteiger partial charge in [-0.15, -0.1) is 0 Å². The molecule has 29 heavy (non-hydrogen) atoms. The molecule has 0 spiro atoms. The Hall–Kier alpha value is -3.21. The highest BCUT2D eigenvalue weighted by Gasteiger charge is 2.21. The molecule has 1 aliphatic heterocycles. The van der Waals surface area contributed by atoms with Crippen LogP contribution in [0.15, 0.2) is 54.6 Å². The minimum absolute atomic E-state index is 0.0848. The second kappa shape index (κ2) is 8.43. The molecule has 2 heterocycles. The molecular formula is C24H25N3O2. The van der Waals surface area contributed by atoms with Crippen LogP contribution in [0, 0.1) is 0 Å². The van der Waals surface area contributed by atoms with Crippen molar-refractivity contribution in [1.82, 2.24) is 9.88 Å². The molecule has 0 aliphatic carbocycles.